The number of aromatic hydroxyl groups is 1. The van der Waals surface area contributed by atoms with E-state index in [0.717, 1.165) is 12.0 Å². The maximum atomic E-state index is 12.8. The van der Waals surface area contributed by atoms with Crippen molar-refractivity contribution in [2.45, 2.75) is 59.0 Å². The lowest BCUT2D eigenvalue weighted by Crippen LogP contribution is -2.36. The number of carbonyl (C=O) groups is 1. The van der Waals surface area contributed by atoms with Crippen LogP contribution in [0.1, 0.15) is 69.3 Å². The highest BCUT2D eigenvalue weighted by Gasteiger charge is 2.50. The van der Waals surface area contributed by atoms with Crippen molar-refractivity contribution in [1.29, 1.82) is 0 Å². The number of carbonyl (C=O) groups excluding carboxylic acids is 1. The molecular formula is C22H30O4. The summed E-state index contributed by atoms with van der Waals surface area (Å²) >= 11 is 0. The number of allylic oxidation sites excluding steroid dienone is 1. The normalized spacial score (nSPS) is 26.6. The van der Waals surface area contributed by atoms with Crippen molar-refractivity contribution in [3.05, 3.63) is 29.3 Å². The van der Waals surface area contributed by atoms with E-state index >= 15 is 0 Å². The number of fused-ring (bicyclic) bond motifs is 3. The lowest BCUT2D eigenvalue weighted by molar-refractivity contribution is 0.0944. The van der Waals surface area contributed by atoms with E-state index in [2.05, 4.69) is 32.9 Å². The van der Waals surface area contributed by atoms with Crippen molar-refractivity contribution in [3.63, 3.8) is 0 Å². The molecular weight excluding hydrogens is 328 g/mol. The maximum Gasteiger partial charge on any atom is 0.170 e. The van der Waals surface area contributed by atoms with Crippen LogP contribution in [0.4, 0.5) is 0 Å². The molecule has 0 unspecified atom stereocenters. The summed E-state index contributed by atoms with van der Waals surface area (Å²) in [5.74, 6) is 2.28. The first-order chi connectivity index (χ1) is 12.2. The van der Waals surface area contributed by atoms with Crippen molar-refractivity contribution < 1.29 is 19.4 Å². The molecule has 0 saturated heterocycles. The van der Waals surface area contributed by atoms with Crippen LogP contribution in [0.15, 0.2) is 18.2 Å². The average molecular weight is 358 g/mol. The molecule has 0 bridgehead atoms. The first kappa shape index (κ1) is 18.8. The number of Topliss-reactive ketones (excluding diaryl/α,β-unsaturated/α-hetero) is 1. The van der Waals surface area contributed by atoms with E-state index in [9.17, 15) is 9.90 Å². The molecule has 3 rings (SSSR count). The summed E-state index contributed by atoms with van der Waals surface area (Å²) in [5.41, 5.74) is 0.719. The minimum absolute atomic E-state index is 0.0575. The van der Waals surface area contributed by atoms with Gasteiger partial charge in [-0.25, -0.2) is 0 Å². The van der Waals surface area contributed by atoms with Gasteiger partial charge in [-0.15, -0.1) is 0 Å². The summed E-state index contributed by atoms with van der Waals surface area (Å²) in [5, 5.41) is 10.5. The third kappa shape index (κ3) is 3.00. The van der Waals surface area contributed by atoms with E-state index in [0.29, 0.717) is 35.3 Å². The summed E-state index contributed by atoms with van der Waals surface area (Å²) in [4.78, 5) is 12.8. The van der Waals surface area contributed by atoms with Crippen molar-refractivity contribution >= 4 is 5.78 Å². The van der Waals surface area contributed by atoms with Gasteiger partial charge in [0.25, 0.3) is 0 Å². The number of methoxy groups -OCH3 is 1. The number of phenols is 1. The van der Waals surface area contributed by atoms with E-state index in [4.69, 9.17) is 9.47 Å². The Morgan fingerprint density at radius 2 is 2.08 bits per heavy atom. The fraction of sp³-hybridized carbons (Fsp3) is 0.591. The average Bonchev–Trinajstić information content (AvgIpc) is 2.84. The summed E-state index contributed by atoms with van der Waals surface area (Å²) in [6.07, 6.45) is 5.67. The topological polar surface area (TPSA) is 55.8 Å². The Kier molecular flexibility index (Phi) is 4.80. The Morgan fingerprint density at radius 1 is 1.38 bits per heavy atom. The Labute approximate surface area is 156 Å². The second-order valence-corrected chi connectivity index (χ2v) is 8.58. The van der Waals surface area contributed by atoms with E-state index in [1.807, 2.05) is 13.8 Å². The first-order valence-corrected chi connectivity index (χ1v) is 9.53. The van der Waals surface area contributed by atoms with Crippen LogP contribution in [0.2, 0.25) is 0 Å². The minimum atomic E-state index is -0.512. The molecule has 0 spiro atoms. The molecule has 3 atom stereocenters. The third-order valence-corrected chi connectivity index (χ3v) is 5.75. The number of benzene rings is 1. The van der Waals surface area contributed by atoms with Gasteiger partial charge in [0.15, 0.2) is 5.78 Å². The molecule has 26 heavy (non-hydrogen) atoms. The van der Waals surface area contributed by atoms with Crippen LogP contribution in [-0.2, 0) is 0 Å². The molecule has 0 saturated carbocycles. The molecule has 4 nitrogen and oxygen atoms in total. The molecule has 0 fully saturated rings. The number of rotatable bonds is 5. The van der Waals surface area contributed by atoms with Crippen LogP contribution < -0.4 is 9.47 Å². The zero-order valence-corrected chi connectivity index (χ0v) is 16.6. The second-order valence-electron chi connectivity index (χ2n) is 8.58. The number of phenolic OH excluding ortho intramolecular Hbond substituents is 1. The molecule has 1 aromatic rings. The molecule has 142 valence electrons. The van der Waals surface area contributed by atoms with E-state index in [-0.39, 0.29) is 23.4 Å². The first-order valence-electron chi connectivity index (χ1n) is 9.53. The van der Waals surface area contributed by atoms with Gasteiger partial charge in [-0.05, 0) is 37.2 Å². The van der Waals surface area contributed by atoms with Gasteiger partial charge in [0.1, 0.15) is 28.4 Å². The quantitative estimate of drug-likeness (QED) is 0.588. The number of ketones is 1. The third-order valence-electron chi connectivity index (χ3n) is 5.75. The van der Waals surface area contributed by atoms with Gasteiger partial charge in [0.05, 0.1) is 7.11 Å². The fourth-order valence-corrected chi connectivity index (χ4v) is 4.22. The van der Waals surface area contributed by atoms with Crippen LogP contribution in [-0.4, -0.2) is 23.6 Å². The zero-order valence-electron chi connectivity index (χ0n) is 16.6. The summed E-state index contributed by atoms with van der Waals surface area (Å²) in [7, 11) is 1.60. The highest BCUT2D eigenvalue weighted by Crippen LogP contribution is 2.57. The van der Waals surface area contributed by atoms with Crippen LogP contribution in [0.5, 0.6) is 17.2 Å². The van der Waals surface area contributed by atoms with Gasteiger partial charge in [0.2, 0.25) is 0 Å². The second kappa shape index (κ2) is 6.64. The lowest BCUT2D eigenvalue weighted by Gasteiger charge is -2.35. The summed E-state index contributed by atoms with van der Waals surface area (Å²) < 4.78 is 11.9. The predicted molar refractivity (Wildman–Crippen MR) is 102 cm³/mol. The van der Waals surface area contributed by atoms with Crippen molar-refractivity contribution in [2.24, 2.45) is 17.8 Å². The summed E-state index contributed by atoms with van der Waals surface area (Å²) in [6.45, 7) is 10.5. The Balaban J connectivity index is 2.14. The van der Waals surface area contributed by atoms with Crippen LogP contribution in [0.25, 0.3) is 0 Å². The number of hydrogen-bond acceptors (Lipinski definition) is 4. The molecule has 1 heterocycles. The molecule has 0 amide bonds. The van der Waals surface area contributed by atoms with E-state index in [1.54, 1.807) is 13.2 Å². The number of hydrogen-bond donors (Lipinski definition) is 1. The lowest BCUT2D eigenvalue weighted by atomic mass is 9.71. The highest BCUT2D eigenvalue weighted by molar-refractivity contribution is 6.02. The Morgan fingerprint density at radius 3 is 2.65 bits per heavy atom. The van der Waals surface area contributed by atoms with Gasteiger partial charge in [-0.3, -0.25) is 4.79 Å². The van der Waals surface area contributed by atoms with E-state index in [1.165, 1.54) is 0 Å². The standard InChI is InChI=1S/C22H30O4/c1-12(2)9-16(23)20-17(24)11-18(25-6)19-15-10-14(13(3)4)7-8-22(15,5)26-21(19)20/h7-8,11-15,24H,9-10H2,1-6H3/t14-,15+,22+/m0/s1. The van der Waals surface area contributed by atoms with Gasteiger partial charge in [-0.1, -0.05) is 33.8 Å². The summed E-state index contributed by atoms with van der Waals surface area (Å²) in [6, 6.07) is 1.57. The molecule has 1 aliphatic carbocycles. The molecule has 4 heteroatoms. The van der Waals surface area contributed by atoms with Gasteiger partial charge < -0.3 is 14.6 Å². The highest BCUT2D eigenvalue weighted by atomic mass is 16.5. The molecule has 1 aliphatic heterocycles. The van der Waals surface area contributed by atoms with Crippen molar-refractivity contribution in [1.82, 2.24) is 0 Å². The predicted octanol–water partition coefficient (Wildman–Crippen LogP) is 5.10. The fourth-order valence-electron chi connectivity index (χ4n) is 4.22. The zero-order chi connectivity index (χ0) is 19.2. The van der Waals surface area contributed by atoms with Crippen LogP contribution in [0, 0.1) is 17.8 Å². The smallest absolute Gasteiger partial charge is 0.170 e. The maximum absolute atomic E-state index is 12.8. The van der Waals surface area contributed by atoms with Crippen LogP contribution >= 0.6 is 0 Å². The number of ether oxygens (including phenoxy) is 2. The molecule has 2 aliphatic rings. The Bertz CT molecular complexity index is 747. The largest absolute Gasteiger partial charge is 0.507 e. The molecule has 0 radical (unpaired) electrons. The SMILES string of the molecule is COc1cc(O)c(C(=O)CC(C)C)c2c1[C@H]1C[C@@H](C(C)C)C=C[C@@]1(C)O2. The monoisotopic (exact) mass is 358 g/mol. The molecule has 0 aromatic heterocycles. The molecule has 1 aromatic carbocycles. The van der Waals surface area contributed by atoms with Gasteiger partial charge >= 0.3 is 0 Å². The van der Waals surface area contributed by atoms with Gasteiger partial charge in [0, 0.05) is 24.0 Å². The van der Waals surface area contributed by atoms with Gasteiger partial charge in [-0.2, -0.15) is 0 Å². The Hall–Kier alpha value is -1.97. The minimum Gasteiger partial charge on any atom is -0.507 e. The van der Waals surface area contributed by atoms with E-state index < -0.39 is 5.60 Å². The van der Waals surface area contributed by atoms with Crippen LogP contribution in [0.3, 0.4) is 0 Å². The molecule has 1 N–H and O–H groups in total. The van der Waals surface area contributed by atoms with Crippen molar-refractivity contribution in [2.75, 3.05) is 7.11 Å². The van der Waals surface area contributed by atoms with Crippen molar-refractivity contribution in [3.8, 4) is 17.2 Å².